The van der Waals surface area contributed by atoms with Gasteiger partial charge in [-0.05, 0) is 31.2 Å². The van der Waals surface area contributed by atoms with E-state index >= 15 is 0 Å². The first-order valence-corrected chi connectivity index (χ1v) is 8.60. The summed E-state index contributed by atoms with van der Waals surface area (Å²) < 4.78 is 10.3. The standard InChI is InChI=1S/C17H12Cl2N4O4/c1-17(10-5-4-9(18)7-11(10)19)15(24)23(16(25)21-17)8-13-20-14(22-27-13)12-3-2-6-26-12/h2-7H,8H2,1H3,(H,21,25)/t17-/m1/s1. The number of aromatic nitrogens is 2. The van der Waals surface area contributed by atoms with Crippen LogP contribution in [0.4, 0.5) is 4.79 Å². The van der Waals surface area contributed by atoms with Crippen molar-refractivity contribution in [2.24, 2.45) is 0 Å². The number of hydrogen-bond acceptors (Lipinski definition) is 6. The number of furan rings is 1. The molecule has 1 aliphatic heterocycles. The van der Waals surface area contributed by atoms with Crippen molar-refractivity contribution in [2.75, 3.05) is 0 Å². The second kappa shape index (κ2) is 6.40. The van der Waals surface area contributed by atoms with Crippen LogP contribution in [0.3, 0.4) is 0 Å². The van der Waals surface area contributed by atoms with Crippen molar-refractivity contribution >= 4 is 35.1 Å². The maximum absolute atomic E-state index is 13.0. The van der Waals surface area contributed by atoms with E-state index in [4.69, 9.17) is 32.1 Å². The van der Waals surface area contributed by atoms with Crippen LogP contribution < -0.4 is 5.32 Å². The van der Waals surface area contributed by atoms with Gasteiger partial charge < -0.3 is 14.3 Å². The van der Waals surface area contributed by atoms with E-state index in [2.05, 4.69) is 15.5 Å². The summed E-state index contributed by atoms with van der Waals surface area (Å²) >= 11 is 12.1. The molecule has 3 amide bonds. The second-order valence-corrected chi connectivity index (χ2v) is 6.90. The number of carbonyl (C=O) groups is 2. The lowest BCUT2D eigenvalue weighted by molar-refractivity contribution is -0.131. The predicted molar refractivity (Wildman–Crippen MR) is 94.9 cm³/mol. The number of amides is 3. The number of nitrogens with one attached hydrogen (secondary N) is 1. The molecule has 2 aromatic heterocycles. The first-order valence-electron chi connectivity index (χ1n) is 7.84. The zero-order valence-electron chi connectivity index (χ0n) is 13.9. The van der Waals surface area contributed by atoms with E-state index in [0.717, 1.165) is 4.90 Å². The van der Waals surface area contributed by atoms with Crippen molar-refractivity contribution in [1.29, 1.82) is 0 Å². The van der Waals surface area contributed by atoms with Gasteiger partial charge in [-0.1, -0.05) is 34.4 Å². The van der Waals surface area contributed by atoms with Crippen molar-refractivity contribution in [3.8, 4) is 11.6 Å². The van der Waals surface area contributed by atoms with Gasteiger partial charge in [-0.2, -0.15) is 4.98 Å². The van der Waals surface area contributed by atoms with Gasteiger partial charge in [0.25, 0.3) is 5.91 Å². The van der Waals surface area contributed by atoms with Crippen LogP contribution in [0.25, 0.3) is 11.6 Å². The summed E-state index contributed by atoms with van der Waals surface area (Å²) in [5.41, 5.74) is -0.890. The Hall–Kier alpha value is -2.84. The van der Waals surface area contributed by atoms with E-state index in [0.29, 0.717) is 16.3 Å². The molecule has 10 heteroatoms. The van der Waals surface area contributed by atoms with Crippen molar-refractivity contribution in [1.82, 2.24) is 20.4 Å². The number of imide groups is 1. The molecule has 0 saturated carbocycles. The Balaban J connectivity index is 1.60. The first-order chi connectivity index (χ1) is 12.9. The molecule has 0 spiro atoms. The number of nitrogens with zero attached hydrogens (tertiary/aromatic N) is 3. The molecule has 1 atom stereocenters. The van der Waals surface area contributed by atoms with Gasteiger partial charge in [-0.15, -0.1) is 0 Å². The number of halogens is 2. The van der Waals surface area contributed by atoms with Gasteiger partial charge in [0.05, 0.1) is 6.26 Å². The van der Waals surface area contributed by atoms with Crippen molar-refractivity contribution < 1.29 is 18.5 Å². The van der Waals surface area contributed by atoms with E-state index in [-0.39, 0.29) is 23.3 Å². The third-order valence-electron chi connectivity index (χ3n) is 4.25. The van der Waals surface area contributed by atoms with Crippen LogP contribution >= 0.6 is 23.2 Å². The number of urea groups is 1. The summed E-state index contributed by atoms with van der Waals surface area (Å²) in [5.74, 6) is 0.247. The summed E-state index contributed by atoms with van der Waals surface area (Å²) in [6.07, 6.45) is 1.48. The van der Waals surface area contributed by atoms with Gasteiger partial charge in [0.15, 0.2) is 5.76 Å². The average molecular weight is 407 g/mol. The average Bonchev–Trinajstić information content (AvgIpc) is 3.33. The van der Waals surface area contributed by atoms with Crippen molar-refractivity contribution in [3.05, 3.63) is 58.1 Å². The maximum Gasteiger partial charge on any atom is 0.325 e. The van der Waals surface area contributed by atoms with E-state index in [1.807, 2.05) is 0 Å². The molecule has 3 heterocycles. The summed E-state index contributed by atoms with van der Waals surface area (Å²) in [7, 11) is 0. The molecule has 3 aromatic rings. The lowest BCUT2D eigenvalue weighted by Crippen LogP contribution is -2.41. The minimum atomic E-state index is -1.33. The molecule has 1 fully saturated rings. The highest BCUT2D eigenvalue weighted by atomic mass is 35.5. The van der Waals surface area contributed by atoms with Crippen LogP contribution in [0.15, 0.2) is 45.5 Å². The van der Waals surface area contributed by atoms with Gasteiger partial charge >= 0.3 is 6.03 Å². The van der Waals surface area contributed by atoms with E-state index < -0.39 is 17.5 Å². The topological polar surface area (TPSA) is 101 Å². The van der Waals surface area contributed by atoms with Crippen molar-refractivity contribution in [3.63, 3.8) is 0 Å². The zero-order chi connectivity index (χ0) is 19.2. The summed E-state index contributed by atoms with van der Waals surface area (Å²) in [5, 5.41) is 7.15. The molecule has 0 radical (unpaired) electrons. The van der Waals surface area contributed by atoms with Crippen LogP contribution in [0.2, 0.25) is 10.0 Å². The number of carbonyl (C=O) groups excluding carboxylic acids is 2. The Bertz CT molecular complexity index is 1030. The molecule has 0 aliphatic carbocycles. The molecular weight excluding hydrogens is 395 g/mol. The smallest absolute Gasteiger partial charge is 0.325 e. The summed E-state index contributed by atoms with van der Waals surface area (Å²) in [6.45, 7) is 1.39. The molecule has 1 aromatic carbocycles. The third kappa shape index (κ3) is 2.96. The van der Waals surface area contributed by atoms with E-state index in [1.54, 1.807) is 31.2 Å². The Kier molecular flexibility index (Phi) is 4.16. The van der Waals surface area contributed by atoms with Gasteiger partial charge in [-0.25, -0.2) is 4.79 Å². The Labute approximate surface area is 163 Å². The van der Waals surface area contributed by atoms with Crippen LogP contribution in [-0.2, 0) is 16.9 Å². The third-order valence-corrected chi connectivity index (χ3v) is 4.80. The van der Waals surface area contributed by atoms with Crippen LogP contribution in [0, 0.1) is 0 Å². The lowest BCUT2D eigenvalue weighted by Gasteiger charge is -2.23. The zero-order valence-corrected chi connectivity index (χ0v) is 15.4. The molecule has 1 saturated heterocycles. The molecule has 0 unspecified atom stereocenters. The fourth-order valence-corrected chi connectivity index (χ4v) is 3.48. The SMILES string of the molecule is C[C@]1(c2ccc(Cl)cc2Cl)NC(=O)N(Cc2nc(-c3ccco3)no2)C1=O. The Morgan fingerprint density at radius 1 is 1.26 bits per heavy atom. The van der Waals surface area contributed by atoms with Gasteiger partial charge in [0, 0.05) is 15.6 Å². The molecule has 138 valence electrons. The van der Waals surface area contributed by atoms with Gasteiger partial charge in [-0.3, -0.25) is 9.69 Å². The maximum atomic E-state index is 13.0. The highest BCUT2D eigenvalue weighted by molar-refractivity contribution is 6.35. The fraction of sp³-hybridized carbons (Fsp3) is 0.176. The quantitative estimate of drug-likeness (QED) is 0.664. The highest BCUT2D eigenvalue weighted by Gasteiger charge is 2.50. The van der Waals surface area contributed by atoms with E-state index in [9.17, 15) is 9.59 Å². The molecule has 0 bridgehead atoms. The Morgan fingerprint density at radius 3 is 2.78 bits per heavy atom. The summed E-state index contributed by atoms with van der Waals surface area (Å²) in [6, 6.07) is 7.48. The summed E-state index contributed by atoms with van der Waals surface area (Å²) in [4.78, 5) is 30.5. The molecule has 8 nitrogen and oxygen atoms in total. The minimum Gasteiger partial charge on any atom is -0.461 e. The van der Waals surface area contributed by atoms with Crippen LogP contribution in [0.1, 0.15) is 18.4 Å². The number of benzene rings is 1. The molecule has 4 rings (SSSR count). The predicted octanol–water partition coefficient (Wildman–Crippen LogP) is 3.60. The van der Waals surface area contributed by atoms with Crippen LogP contribution in [-0.4, -0.2) is 27.0 Å². The van der Waals surface area contributed by atoms with Crippen molar-refractivity contribution in [2.45, 2.75) is 19.0 Å². The van der Waals surface area contributed by atoms with Gasteiger partial charge in [0.2, 0.25) is 11.7 Å². The number of rotatable bonds is 4. The minimum absolute atomic E-state index is 0.0938. The first kappa shape index (κ1) is 17.6. The number of hydrogen-bond donors (Lipinski definition) is 1. The monoisotopic (exact) mass is 406 g/mol. The second-order valence-electron chi connectivity index (χ2n) is 6.06. The molecule has 1 aliphatic rings. The van der Waals surface area contributed by atoms with Gasteiger partial charge in [0.1, 0.15) is 12.1 Å². The normalized spacial score (nSPS) is 19.6. The van der Waals surface area contributed by atoms with E-state index in [1.165, 1.54) is 12.3 Å². The largest absolute Gasteiger partial charge is 0.461 e. The Morgan fingerprint density at radius 2 is 2.07 bits per heavy atom. The lowest BCUT2D eigenvalue weighted by atomic mass is 9.92. The highest BCUT2D eigenvalue weighted by Crippen LogP contribution is 2.35. The fourth-order valence-electron chi connectivity index (χ4n) is 2.88. The molecule has 27 heavy (non-hydrogen) atoms. The molecular formula is C17H12Cl2N4O4. The van der Waals surface area contributed by atoms with Crippen LogP contribution in [0.5, 0.6) is 0 Å². The molecule has 1 N–H and O–H groups in total.